The van der Waals surface area contributed by atoms with Gasteiger partial charge in [0.05, 0.1) is 35.9 Å². The van der Waals surface area contributed by atoms with Crippen molar-refractivity contribution in [2.24, 2.45) is 0 Å². The molecule has 4 rings (SSSR count). The molecular weight excluding hydrogens is 318 g/mol. The second-order valence-electron chi connectivity index (χ2n) is 5.21. The van der Waals surface area contributed by atoms with Crippen LogP contribution in [0.25, 0.3) is 0 Å². The number of anilines is 3. The van der Waals surface area contributed by atoms with Gasteiger partial charge in [0.25, 0.3) is 0 Å². The van der Waals surface area contributed by atoms with Gasteiger partial charge in [-0.3, -0.25) is 9.59 Å². The van der Waals surface area contributed by atoms with E-state index >= 15 is 0 Å². The molecule has 1 aromatic heterocycles. The van der Waals surface area contributed by atoms with Gasteiger partial charge >= 0.3 is 5.97 Å². The molecule has 0 fully saturated rings. The molecule has 3 N–H and O–H groups in total. The molecule has 1 aromatic carbocycles. The highest BCUT2D eigenvalue weighted by molar-refractivity contribution is 6.99. The fourth-order valence-electron chi connectivity index (χ4n) is 2.80. The van der Waals surface area contributed by atoms with Crippen molar-refractivity contribution in [1.82, 2.24) is 8.75 Å². The quantitative estimate of drug-likeness (QED) is 0.580. The van der Waals surface area contributed by atoms with E-state index in [0.717, 1.165) is 28.8 Å². The number of carbonyl (C=O) groups is 2. The molecule has 0 aliphatic carbocycles. The number of nitrogens with zero attached hydrogens (tertiary/aromatic N) is 2. The van der Waals surface area contributed by atoms with E-state index in [4.69, 9.17) is 4.74 Å². The predicted molar refractivity (Wildman–Crippen MR) is 84.3 cm³/mol. The summed E-state index contributed by atoms with van der Waals surface area (Å²) in [7, 11) is 0. The summed E-state index contributed by atoms with van der Waals surface area (Å²) < 4.78 is 13.2. The molecule has 2 aromatic rings. The molecule has 2 unspecified atom stereocenters. The number of rotatable bonds is 3. The van der Waals surface area contributed by atoms with Crippen LogP contribution in [-0.4, -0.2) is 27.2 Å². The van der Waals surface area contributed by atoms with E-state index < -0.39 is 11.9 Å². The summed E-state index contributed by atoms with van der Waals surface area (Å²) in [6.45, 7) is 1.95. The number of esters is 1. The smallest absolute Gasteiger partial charge is 0.323 e. The van der Waals surface area contributed by atoms with E-state index in [2.05, 4.69) is 24.7 Å². The van der Waals surface area contributed by atoms with E-state index in [9.17, 15) is 9.59 Å². The lowest BCUT2D eigenvalue weighted by atomic mass is 10.00. The SMILES string of the molecule is CCOC(=O)C1C(=O)Nc2cc3c(cc21)NC(c1cnsn1)N3. The summed E-state index contributed by atoms with van der Waals surface area (Å²) in [6.07, 6.45) is 1.51. The second-order valence-corrected chi connectivity index (χ2v) is 5.77. The Hall–Kier alpha value is -2.68. The summed E-state index contributed by atoms with van der Waals surface area (Å²) in [5.41, 5.74) is 3.69. The number of benzene rings is 1. The van der Waals surface area contributed by atoms with Crippen LogP contribution in [0.1, 0.15) is 30.3 Å². The molecule has 0 saturated heterocycles. The van der Waals surface area contributed by atoms with Gasteiger partial charge in [-0.2, -0.15) is 8.75 Å². The Balaban J connectivity index is 1.66. The lowest BCUT2D eigenvalue weighted by Crippen LogP contribution is -2.23. The van der Waals surface area contributed by atoms with Gasteiger partial charge in [0.2, 0.25) is 5.91 Å². The maximum Gasteiger partial charge on any atom is 0.323 e. The Kier molecular flexibility index (Phi) is 3.15. The van der Waals surface area contributed by atoms with Crippen molar-refractivity contribution >= 4 is 40.7 Å². The van der Waals surface area contributed by atoms with E-state index in [1.54, 1.807) is 19.2 Å². The third-order valence-corrected chi connectivity index (χ3v) is 4.31. The molecule has 118 valence electrons. The molecule has 0 radical (unpaired) electrons. The van der Waals surface area contributed by atoms with E-state index in [1.165, 1.54) is 0 Å². The number of hydrogen-bond donors (Lipinski definition) is 3. The minimum Gasteiger partial charge on any atom is -0.465 e. The van der Waals surface area contributed by atoms with Crippen molar-refractivity contribution in [3.63, 3.8) is 0 Å². The molecule has 0 saturated carbocycles. The van der Waals surface area contributed by atoms with Crippen molar-refractivity contribution < 1.29 is 14.3 Å². The van der Waals surface area contributed by atoms with Crippen LogP contribution >= 0.6 is 11.7 Å². The van der Waals surface area contributed by atoms with E-state index in [-0.39, 0.29) is 18.7 Å². The fourth-order valence-corrected chi connectivity index (χ4v) is 3.25. The van der Waals surface area contributed by atoms with E-state index in [0.29, 0.717) is 11.3 Å². The first-order valence-electron chi connectivity index (χ1n) is 7.13. The zero-order valence-electron chi connectivity index (χ0n) is 12.1. The van der Waals surface area contributed by atoms with Crippen LogP contribution in [-0.2, 0) is 14.3 Å². The maximum absolute atomic E-state index is 12.1. The molecule has 0 bridgehead atoms. The van der Waals surface area contributed by atoms with Crippen LogP contribution in [0.3, 0.4) is 0 Å². The summed E-state index contributed by atoms with van der Waals surface area (Å²) in [6, 6.07) is 3.62. The summed E-state index contributed by atoms with van der Waals surface area (Å²) in [4.78, 5) is 24.1. The zero-order chi connectivity index (χ0) is 16.0. The molecule has 8 nitrogen and oxygen atoms in total. The van der Waals surface area contributed by atoms with Gasteiger partial charge in [-0.1, -0.05) is 0 Å². The van der Waals surface area contributed by atoms with Gasteiger partial charge in [0.1, 0.15) is 11.9 Å². The summed E-state index contributed by atoms with van der Waals surface area (Å²) in [5.74, 6) is -1.81. The normalized spacial score (nSPS) is 21.0. The fraction of sp³-hybridized carbons (Fsp3) is 0.286. The molecule has 3 heterocycles. The van der Waals surface area contributed by atoms with Crippen LogP contribution in [0.4, 0.5) is 17.1 Å². The van der Waals surface area contributed by atoms with Crippen LogP contribution in [0, 0.1) is 0 Å². The van der Waals surface area contributed by atoms with Gasteiger partial charge in [0, 0.05) is 11.3 Å². The van der Waals surface area contributed by atoms with Crippen molar-refractivity contribution in [3.05, 3.63) is 29.6 Å². The third-order valence-electron chi connectivity index (χ3n) is 3.82. The van der Waals surface area contributed by atoms with Crippen LogP contribution in [0.2, 0.25) is 0 Å². The number of amides is 1. The standard InChI is InChI=1S/C14H13N5O3S/c1-2-22-14(21)11-6-3-8-9(4-7(6)18-13(11)20)17-12(16-8)10-5-15-23-19-10/h3-5,11-12,16-17H,2H2,1H3,(H,18,20). The first-order valence-corrected chi connectivity index (χ1v) is 7.86. The number of fused-ring (bicyclic) bond motifs is 2. The molecule has 9 heteroatoms. The third kappa shape index (κ3) is 2.20. The molecule has 0 spiro atoms. The Labute approximate surface area is 135 Å². The Morgan fingerprint density at radius 1 is 1.30 bits per heavy atom. The summed E-state index contributed by atoms with van der Waals surface area (Å²) >= 11 is 1.14. The predicted octanol–water partition coefficient (Wildman–Crippen LogP) is 1.67. The average Bonchev–Trinajstić information content (AvgIpc) is 3.21. The lowest BCUT2D eigenvalue weighted by Gasteiger charge is -2.09. The molecule has 2 aliphatic heterocycles. The minimum atomic E-state index is -0.919. The van der Waals surface area contributed by atoms with Crippen molar-refractivity contribution in [2.75, 3.05) is 22.6 Å². The first-order chi connectivity index (χ1) is 11.2. The Bertz CT molecular complexity index is 792. The van der Waals surface area contributed by atoms with Gasteiger partial charge in [-0.05, 0) is 19.1 Å². The maximum atomic E-state index is 12.1. The number of nitrogens with one attached hydrogen (secondary N) is 3. The van der Waals surface area contributed by atoms with Crippen molar-refractivity contribution in [2.45, 2.75) is 19.0 Å². The number of hydrogen-bond acceptors (Lipinski definition) is 8. The highest BCUT2D eigenvalue weighted by Gasteiger charge is 2.39. The Morgan fingerprint density at radius 2 is 2.09 bits per heavy atom. The largest absolute Gasteiger partial charge is 0.465 e. The van der Waals surface area contributed by atoms with Crippen LogP contribution < -0.4 is 16.0 Å². The number of ether oxygens (including phenoxy) is 1. The molecule has 23 heavy (non-hydrogen) atoms. The van der Waals surface area contributed by atoms with Crippen molar-refractivity contribution in [3.8, 4) is 0 Å². The van der Waals surface area contributed by atoms with Crippen molar-refractivity contribution in [1.29, 1.82) is 0 Å². The molecule has 2 aliphatic rings. The van der Waals surface area contributed by atoms with Gasteiger partial charge in [0.15, 0.2) is 5.92 Å². The van der Waals surface area contributed by atoms with E-state index in [1.807, 2.05) is 6.07 Å². The van der Waals surface area contributed by atoms with Crippen LogP contribution in [0.5, 0.6) is 0 Å². The minimum absolute atomic E-state index is 0.178. The van der Waals surface area contributed by atoms with Gasteiger partial charge in [-0.15, -0.1) is 0 Å². The second kappa shape index (κ2) is 5.20. The van der Waals surface area contributed by atoms with Gasteiger partial charge < -0.3 is 20.7 Å². The molecular formula is C14H13N5O3S. The highest BCUT2D eigenvalue weighted by atomic mass is 32.1. The number of carbonyl (C=O) groups excluding carboxylic acids is 2. The zero-order valence-corrected chi connectivity index (χ0v) is 12.9. The highest BCUT2D eigenvalue weighted by Crippen LogP contribution is 2.43. The topological polar surface area (TPSA) is 105 Å². The van der Waals surface area contributed by atoms with Gasteiger partial charge in [-0.25, -0.2) is 0 Å². The first kappa shape index (κ1) is 13.9. The number of aromatic nitrogens is 2. The monoisotopic (exact) mass is 331 g/mol. The molecule has 1 amide bonds. The lowest BCUT2D eigenvalue weighted by molar-refractivity contribution is -0.147. The van der Waals surface area contributed by atoms with Crippen LogP contribution in [0.15, 0.2) is 18.3 Å². The Morgan fingerprint density at radius 3 is 2.78 bits per heavy atom. The summed E-state index contributed by atoms with van der Waals surface area (Å²) in [5, 5.41) is 9.28. The molecule has 2 atom stereocenters. The average molecular weight is 331 g/mol.